The van der Waals surface area contributed by atoms with Gasteiger partial charge < -0.3 is 0 Å². The quantitative estimate of drug-likeness (QED) is 0.550. The fourth-order valence-electron chi connectivity index (χ4n) is 2.59. The summed E-state index contributed by atoms with van der Waals surface area (Å²) in [5.74, 6) is 0.971. The van der Waals surface area contributed by atoms with E-state index in [-0.39, 0.29) is 6.04 Å². The van der Waals surface area contributed by atoms with Gasteiger partial charge in [0, 0.05) is 5.75 Å². The minimum Gasteiger partial charge on any atom is -0.289 e. The Morgan fingerprint density at radius 2 is 1.58 bits per heavy atom. The molecule has 1 rings (SSSR count). The Morgan fingerprint density at radius 1 is 1.00 bits per heavy atom. The van der Waals surface area contributed by atoms with Crippen molar-refractivity contribution < 1.29 is 0 Å². The predicted molar refractivity (Wildman–Crippen MR) is 85.2 cm³/mol. The first kappa shape index (κ1) is 16.9. The number of unbranched alkanes of at least 4 members (excludes halogenated alkanes) is 9. The van der Waals surface area contributed by atoms with Crippen molar-refractivity contribution in [3.8, 4) is 6.07 Å². The second-order valence-corrected chi connectivity index (χ2v) is 6.88. The van der Waals surface area contributed by atoms with Gasteiger partial charge in [0.1, 0.15) is 6.04 Å². The largest absolute Gasteiger partial charge is 0.289 e. The van der Waals surface area contributed by atoms with Gasteiger partial charge in [-0.05, 0) is 6.42 Å². The Bertz CT molecular complexity index is 250. The van der Waals surface area contributed by atoms with Crippen LogP contribution in [0.15, 0.2) is 0 Å². The van der Waals surface area contributed by atoms with E-state index in [4.69, 9.17) is 5.26 Å². The van der Waals surface area contributed by atoms with E-state index in [1.807, 2.05) is 11.8 Å². The molecule has 3 heteroatoms. The molecule has 2 unspecified atom stereocenters. The third-order valence-corrected chi connectivity index (χ3v) is 5.13. The molecule has 110 valence electrons. The highest BCUT2D eigenvalue weighted by Gasteiger charge is 2.22. The summed E-state index contributed by atoms with van der Waals surface area (Å²) in [6.45, 7) is 2.27. The first-order valence-corrected chi connectivity index (χ1v) is 9.19. The zero-order valence-corrected chi connectivity index (χ0v) is 13.3. The van der Waals surface area contributed by atoms with Gasteiger partial charge in [0.2, 0.25) is 0 Å². The first-order valence-electron chi connectivity index (χ1n) is 8.14. The summed E-state index contributed by atoms with van der Waals surface area (Å²) in [6.07, 6.45) is 15.2. The molecular weight excluding hydrogens is 252 g/mol. The number of nitriles is 1. The molecule has 0 radical (unpaired) electrons. The van der Waals surface area contributed by atoms with E-state index in [2.05, 4.69) is 18.3 Å². The van der Waals surface area contributed by atoms with Gasteiger partial charge in [-0.3, -0.25) is 5.32 Å². The Labute approximate surface area is 123 Å². The van der Waals surface area contributed by atoms with Crippen molar-refractivity contribution >= 4 is 11.8 Å². The predicted octanol–water partition coefficient (Wildman–Crippen LogP) is 4.85. The van der Waals surface area contributed by atoms with Gasteiger partial charge in [-0.25, -0.2) is 0 Å². The Morgan fingerprint density at radius 3 is 2.11 bits per heavy atom. The summed E-state index contributed by atoms with van der Waals surface area (Å²) in [5.41, 5.74) is 0. The van der Waals surface area contributed by atoms with Crippen LogP contribution in [0.2, 0.25) is 0 Å². The SMILES string of the molecule is CCCCCCCCCCCCC1NC(C#N)CS1. The lowest BCUT2D eigenvalue weighted by molar-refractivity contribution is 0.529. The second-order valence-electron chi connectivity index (χ2n) is 5.64. The summed E-state index contributed by atoms with van der Waals surface area (Å²) >= 11 is 1.92. The first-order chi connectivity index (χ1) is 9.36. The lowest BCUT2D eigenvalue weighted by Crippen LogP contribution is -2.28. The molecule has 2 nitrogen and oxygen atoms in total. The van der Waals surface area contributed by atoms with E-state index in [0.29, 0.717) is 5.37 Å². The smallest absolute Gasteiger partial charge is 0.105 e. The van der Waals surface area contributed by atoms with Crippen LogP contribution < -0.4 is 5.32 Å². The topological polar surface area (TPSA) is 35.8 Å². The van der Waals surface area contributed by atoms with E-state index >= 15 is 0 Å². The monoisotopic (exact) mass is 282 g/mol. The fourth-order valence-corrected chi connectivity index (χ4v) is 3.78. The average Bonchev–Trinajstić information content (AvgIpc) is 2.89. The number of nitrogens with one attached hydrogen (secondary N) is 1. The van der Waals surface area contributed by atoms with Crippen molar-refractivity contribution in [1.29, 1.82) is 5.26 Å². The van der Waals surface area contributed by atoms with Gasteiger partial charge in [0.05, 0.1) is 11.4 Å². The summed E-state index contributed by atoms with van der Waals surface area (Å²) in [7, 11) is 0. The summed E-state index contributed by atoms with van der Waals surface area (Å²) in [4.78, 5) is 0. The van der Waals surface area contributed by atoms with Gasteiger partial charge in [-0.2, -0.15) is 5.26 Å². The molecular formula is C16H30N2S. The molecule has 1 saturated heterocycles. The van der Waals surface area contributed by atoms with Crippen molar-refractivity contribution in [3.63, 3.8) is 0 Å². The molecule has 0 amide bonds. The minimum atomic E-state index is 0.0955. The second kappa shape index (κ2) is 11.6. The molecule has 19 heavy (non-hydrogen) atoms. The van der Waals surface area contributed by atoms with Crippen LogP contribution in [0.4, 0.5) is 0 Å². The third-order valence-electron chi connectivity index (χ3n) is 3.83. The van der Waals surface area contributed by atoms with Crippen molar-refractivity contribution in [2.75, 3.05) is 5.75 Å². The van der Waals surface area contributed by atoms with Crippen LogP contribution in [0.3, 0.4) is 0 Å². The lowest BCUT2D eigenvalue weighted by Gasteiger charge is -2.09. The van der Waals surface area contributed by atoms with E-state index in [9.17, 15) is 0 Å². The molecule has 2 atom stereocenters. The number of thioether (sulfide) groups is 1. The number of rotatable bonds is 11. The van der Waals surface area contributed by atoms with Crippen molar-refractivity contribution in [2.45, 2.75) is 89.0 Å². The summed E-state index contributed by atoms with van der Waals surface area (Å²) < 4.78 is 0. The van der Waals surface area contributed by atoms with Crippen LogP contribution in [0.5, 0.6) is 0 Å². The molecule has 1 aliphatic rings. The molecule has 0 spiro atoms. The van der Waals surface area contributed by atoms with Crippen LogP contribution in [0.25, 0.3) is 0 Å². The van der Waals surface area contributed by atoms with E-state index in [1.165, 1.54) is 70.6 Å². The summed E-state index contributed by atoms with van der Waals surface area (Å²) in [5, 5.41) is 12.7. The van der Waals surface area contributed by atoms with Gasteiger partial charge in [-0.1, -0.05) is 71.1 Å². The molecule has 0 aromatic heterocycles. The molecule has 0 aromatic carbocycles. The highest BCUT2D eigenvalue weighted by Crippen LogP contribution is 2.23. The molecule has 1 fully saturated rings. The maximum absolute atomic E-state index is 8.80. The zero-order chi connectivity index (χ0) is 13.8. The van der Waals surface area contributed by atoms with Crippen molar-refractivity contribution in [2.24, 2.45) is 0 Å². The van der Waals surface area contributed by atoms with E-state index < -0.39 is 0 Å². The van der Waals surface area contributed by atoms with E-state index in [1.54, 1.807) is 0 Å². The number of hydrogen-bond acceptors (Lipinski definition) is 3. The van der Waals surface area contributed by atoms with Crippen molar-refractivity contribution in [3.05, 3.63) is 0 Å². The van der Waals surface area contributed by atoms with Gasteiger partial charge >= 0.3 is 0 Å². The Balaban J connectivity index is 1.78. The maximum atomic E-state index is 8.80. The maximum Gasteiger partial charge on any atom is 0.105 e. The standard InChI is InChI=1S/C16H30N2S/c1-2-3-4-5-6-7-8-9-10-11-12-16-18-15(13-17)14-19-16/h15-16,18H,2-12,14H2,1H3. The third kappa shape index (κ3) is 8.55. The average molecular weight is 282 g/mol. The van der Waals surface area contributed by atoms with Crippen LogP contribution in [0, 0.1) is 11.3 Å². The lowest BCUT2D eigenvalue weighted by atomic mass is 10.1. The van der Waals surface area contributed by atoms with Crippen LogP contribution >= 0.6 is 11.8 Å². The van der Waals surface area contributed by atoms with E-state index in [0.717, 1.165) is 5.75 Å². The highest BCUT2D eigenvalue weighted by atomic mass is 32.2. The van der Waals surface area contributed by atoms with Gasteiger partial charge in [-0.15, -0.1) is 11.8 Å². The van der Waals surface area contributed by atoms with Crippen LogP contribution in [-0.4, -0.2) is 17.2 Å². The van der Waals surface area contributed by atoms with Crippen molar-refractivity contribution in [1.82, 2.24) is 5.32 Å². The molecule has 0 aromatic rings. The molecule has 1 heterocycles. The van der Waals surface area contributed by atoms with Gasteiger partial charge in [0.25, 0.3) is 0 Å². The summed E-state index contributed by atoms with van der Waals surface area (Å²) in [6, 6.07) is 2.40. The minimum absolute atomic E-state index is 0.0955. The Hall–Kier alpha value is -0.200. The molecule has 1 N–H and O–H groups in total. The van der Waals surface area contributed by atoms with Gasteiger partial charge in [0.15, 0.2) is 0 Å². The fraction of sp³-hybridized carbons (Fsp3) is 0.938. The highest BCUT2D eigenvalue weighted by molar-refractivity contribution is 8.00. The van der Waals surface area contributed by atoms with Crippen LogP contribution in [-0.2, 0) is 0 Å². The van der Waals surface area contributed by atoms with Crippen LogP contribution in [0.1, 0.15) is 77.6 Å². The molecule has 0 aliphatic carbocycles. The molecule has 0 bridgehead atoms. The normalized spacial score (nSPS) is 22.5. The Kier molecular flexibility index (Phi) is 10.3. The number of nitrogens with zero attached hydrogens (tertiary/aromatic N) is 1. The molecule has 1 aliphatic heterocycles. The zero-order valence-electron chi connectivity index (χ0n) is 12.5. The molecule has 0 saturated carbocycles. The number of hydrogen-bond donors (Lipinski definition) is 1.